The molecular formula is C16H26ClN3O. The third-order valence-corrected chi connectivity index (χ3v) is 4.66. The Morgan fingerprint density at radius 2 is 1.95 bits per heavy atom. The standard InChI is InChI=1S/C16H26ClN3O/c1-4-12-6-8-13(9-7-12)20(3)16-10-14(17)18-15(19-16)11-21-5-2/h10,12-13H,4-9,11H2,1-3H3. The lowest BCUT2D eigenvalue weighted by Gasteiger charge is -2.35. The highest BCUT2D eigenvalue weighted by molar-refractivity contribution is 6.29. The Kier molecular flexibility index (Phi) is 6.24. The molecule has 0 saturated heterocycles. The number of halogens is 1. The summed E-state index contributed by atoms with van der Waals surface area (Å²) in [5.41, 5.74) is 0. The zero-order chi connectivity index (χ0) is 15.2. The maximum absolute atomic E-state index is 6.12. The molecule has 0 aromatic carbocycles. The minimum Gasteiger partial charge on any atom is -0.374 e. The van der Waals surface area contributed by atoms with Crippen LogP contribution in [-0.4, -0.2) is 29.7 Å². The van der Waals surface area contributed by atoms with Crippen molar-refractivity contribution in [2.45, 2.75) is 58.6 Å². The second kappa shape index (κ2) is 7.95. The molecule has 0 N–H and O–H groups in total. The van der Waals surface area contributed by atoms with Crippen LogP contribution in [0.4, 0.5) is 5.82 Å². The number of rotatable bonds is 6. The monoisotopic (exact) mass is 311 g/mol. The first kappa shape index (κ1) is 16.5. The molecule has 0 amide bonds. The molecule has 0 bridgehead atoms. The predicted molar refractivity (Wildman–Crippen MR) is 86.8 cm³/mol. The van der Waals surface area contributed by atoms with E-state index in [0.717, 1.165) is 11.7 Å². The molecule has 1 aromatic rings. The highest BCUT2D eigenvalue weighted by atomic mass is 35.5. The second-order valence-electron chi connectivity index (χ2n) is 5.80. The number of ether oxygens (including phenoxy) is 1. The number of anilines is 1. The van der Waals surface area contributed by atoms with Gasteiger partial charge >= 0.3 is 0 Å². The Hall–Kier alpha value is -0.870. The van der Waals surface area contributed by atoms with Gasteiger partial charge in [-0.05, 0) is 38.5 Å². The quantitative estimate of drug-likeness (QED) is 0.742. The van der Waals surface area contributed by atoms with Crippen molar-refractivity contribution in [2.75, 3.05) is 18.6 Å². The molecule has 1 aliphatic rings. The molecule has 21 heavy (non-hydrogen) atoms. The lowest BCUT2D eigenvalue weighted by atomic mass is 9.84. The van der Waals surface area contributed by atoms with Crippen LogP contribution in [0.3, 0.4) is 0 Å². The Morgan fingerprint density at radius 3 is 2.57 bits per heavy atom. The van der Waals surface area contributed by atoms with Crippen LogP contribution in [0.15, 0.2) is 6.07 Å². The van der Waals surface area contributed by atoms with Gasteiger partial charge in [0.25, 0.3) is 0 Å². The Bertz CT molecular complexity index is 447. The van der Waals surface area contributed by atoms with Crippen LogP contribution in [0.2, 0.25) is 5.15 Å². The zero-order valence-corrected chi connectivity index (χ0v) is 14.1. The average Bonchev–Trinajstić information content (AvgIpc) is 2.51. The van der Waals surface area contributed by atoms with Crippen molar-refractivity contribution in [3.05, 3.63) is 17.0 Å². The van der Waals surface area contributed by atoms with Gasteiger partial charge < -0.3 is 9.64 Å². The highest BCUT2D eigenvalue weighted by Gasteiger charge is 2.24. The first-order chi connectivity index (χ1) is 10.1. The van der Waals surface area contributed by atoms with Gasteiger partial charge in [-0.1, -0.05) is 24.9 Å². The van der Waals surface area contributed by atoms with E-state index < -0.39 is 0 Å². The summed E-state index contributed by atoms with van der Waals surface area (Å²) in [6, 6.07) is 2.40. The van der Waals surface area contributed by atoms with Gasteiger partial charge in [-0.2, -0.15) is 0 Å². The first-order valence-electron chi connectivity index (χ1n) is 7.98. The van der Waals surface area contributed by atoms with E-state index in [1.165, 1.54) is 32.1 Å². The molecule has 5 heteroatoms. The van der Waals surface area contributed by atoms with Crippen LogP contribution in [0.1, 0.15) is 51.8 Å². The Balaban J connectivity index is 2.04. The Morgan fingerprint density at radius 1 is 1.24 bits per heavy atom. The van der Waals surface area contributed by atoms with Crippen molar-refractivity contribution >= 4 is 17.4 Å². The molecule has 1 heterocycles. The van der Waals surface area contributed by atoms with Crippen molar-refractivity contribution in [1.29, 1.82) is 0 Å². The van der Waals surface area contributed by atoms with Crippen molar-refractivity contribution in [1.82, 2.24) is 9.97 Å². The van der Waals surface area contributed by atoms with Crippen molar-refractivity contribution in [3.8, 4) is 0 Å². The summed E-state index contributed by atoms with van der Waals surface area (Å²) in [6.07, 6.45) is 6.40. The molecule has 0 aliphatic heterocycles. The molecule has 1 aliphatic carbocycles. The van der Waals surface area contributed by atoms with Gasteiger partial charge in [0.2, 0.25) is 0 Å². The van der Waals surface area contributed by atoms with Gasteiger partial charge in [0.05, 0.1) is 0 Å². The smallest absolute Gasteiger partial charge is 0.158 e. The van der Waals surface area contributed by atoms with E-state index >= 15 is 0 Å². The average molecular weight is 312 g/mol. The molecule has 1 saturated carbocycles. The number of nitrogens with zero attached hydrogens (tertiary/aromatic N) is 3. The van der Waals surface area contributed by atoms with Crippen LogP contribution in [0.5, 0.6) is 0 Å². The van der Waals surface area contributed by atoms with Crippen molar-refractivity contribution in [2.24, 2.45) is 5.92 Å². The van der Waals surface area contributed by atoms with E-state index in [4.69, 9.17) is 16.3 Å². The molecule has 0 unspecified atom stereocenters. The van der Waals surface area contributed by atoms with Crippen molar-refractivity contribution < 1.29 is 4.74 Å². The van der Waals surface area contributed by atoms with Gasteiger partial charge in [-0.3, -0.25) is 0 Å². The molecule has 0 spiro atoms. The van der Waals surface area contributed by atoms with E-state index in [-0.39, 0.29) is 0 Å². The van der Waals surface area contributed by atoms with E-state index in [1.807, 2.05) is 13.0 Å². The van der Waals surface area contributed by atoms with Crippen molar-refractivity contribution in [3.63, 3.8) is 0 Å². The summed E-state index contributed by atoms with van der Waals surface area (Å²) in [4.78, 5) is 11.1. The topological polar surface area (TPSA) is 38.2 Å². The van der Waals surface area contributed by atoms with Crippen LogP contribution in [0, 0.1) is 5.92 Å². The molecule has 4 nitrogen and oxygen atoms in total. The molecule has 2 rings (SSSR count). The molecular weight excluding hydrogens is 286 g/mol. The zero-order valence-electron chi connectivity index (χ0n) is 13.3. The first-order valence-corrected chi connectivity index (χ1v) is 8.35. The van der Waals surface area contributed by atoms with E-state index in [2.05, 4.69) is 28.8 Å². The van der Waals surface area contributed by atoms with Crippen LogP contribution < -0.4 is 4.90 Å². The third-order valence-electron chi connectivity index (χ3n) is 4.47. The highest BCUT2D eigenvalue weighted by Crippen LogP contribution is 2.31. The molecule has 1 aromatic heterocycles. The van der Waals surface area contributed by atoms with E-state index in [1.54, 1.807) is 0 Å². The maximum atomic E-state index is 6.12. The van der Waals surface area contributed by atoms with E-state index in [9.17, 15) is 0 Å². The number of hydrogen-bond donors (Lipinski definition) is 0. The number of aromatic nitrogens is 2. The normalized spacial score (nSPS) is 22.3. The Labute approximate surface area is 132 Å². The van der Waals surface area contributed by atoms with Gasteiger partial charge in [0, 0.05) is 25.8 Å². The lowest BCUT2D eigenvalue weighted by Crippen LogP contribution is -2.35. The molecule has 0 radical (unpaired) electrons. The van der Waals surface area contributed by atoms with Gasteiger partial charge in [0.1, 0.15) is 17.6 Å². The summed E-state index contributed by atoms with van der Waals surface area (Å²) in [5.74, 6) is 2.47. The second-order valence-corrected chi connectivity index (χ2v) is 6.18. The summed E-state index contributed by atoms with van der Waals surface area (Å²) >= 11 is 6.12. The summed E-state index contributed by atoms with van der Waals surface area (Å²) in [6.45, 7) is 5.32. The molecule has 1 fully saturated rings. The lowest BCUT2D eigenvalue weighted by molar-refractivity contribution is 0.128. The van der Waals surface area contributed by atoms with Crippen LogP contribution >= 0.6 is 11.6 Å². The number of hydrogen-bond acceptors (Lipinski definition) is 4. The fourth-order valence-electron chi connectivity index (χ4n) is 3.02. The maximum Gasteiger partial charge on any atom is 0.158 e. The fourth-order valence-corrected chi connectivity index (χ4v) is 3.21. The van der Waals surface area contributed by atoms with Gasteiger partial charge in [-0.25, -0.2) is 9.97 Å². The summed E-state index contributed by atoms with van der Waals surface area (Å²) < 4.78 is 5.38. The molecule has 0 atom stereocenters. The third kappa shape index (κ3) is 4.55. The van der Waals surface area contributed by atoms with E-state index in [0.29, 0.717) is 30.2 Å². The minimum absolute atomic E-state index is 0.417. The summed E-state index contributed by atoms with van der Waals surface area (Å²) in [7, 11) is 2.11. The largest absolute Gasteiger partial charge is 0.374 e. The SMILES string of the molecule is CCOCc1nc(Cl)cc(N(C)C2CCC(CC)CC2)n1. The van der Waals surface area contributed by atoms with Crippen LogP contribution in [-0.2, 0) is 11.3 Å². The fraction of sp³-hybridized carbons (Fsp3) is 0.750. The van der Waals surface area contributed by atoms with Crippen LogP contribution in [0.25, 0.3) is 0 Å². The minimum atomic E-state index is 0.417. The predicted octanol–water partition coefficient (Wildman–Crippen LogP) is 4.07. The van der Waals surface area contributed by atoms with Gasteiger partial charge in [0.15, 0.2) is 5.82 Å². The molecule has 118 valence electrons. The summed E-state index contributed by atoms with van der Waals surface area (Å²) in [5, 5.41) is 0.490. The van der Waals surface area contributed by atoms with Gasteiger partial charge in [-0.15, -0.1) is 0 Å².